The molecular weight excluding hydrogens is 358 g/mol. The molecule has 0 N–H and O–H groups in total. The Morgan fingerprint density at radius 1 is 0.926 bits per heavy atom. The summed E-state index contributed by atoms with van der Waals surface area (Å²) in [5, 5.41) is 0. The normalized spacial score (nSPS) is 12.3. The number of rotatable bonds is 4. The summed E-state index contributed by atoms with van der Waals surface area (Å²) in [6, 6.07) is 17.5. The van der Waals surface area contributed by atoms with Crippen molar-refractivity contribution in [2.24, 2.45) is 0 Å². The average Bonchev–Trinajstić information content (AvgIpc) is 3.06. The monoisotopic (exact) mass is 377 g/mol. The number of hydrogen-bond donors (Lipinski definition) is 0. The van der Waals surface area contributed by atoms with E-state index in [1.165, 1.54) is 0 Å². The van der Waals surface area contributed by atoms with Crippen molar-refractivity contribution in [3.8, 4) is 28.3 Å². The van der Waals surface area contributed by atoms with Crippen LogP contribution in [0.3, 0.4) is 0 Å². The molecule has 0 fully saturated rings. The molecule has 2 aromatic heterocycles. The number of aryl methyl sites for hydroxylation is 1. The first-order valence-corrected chi connectivity index (χ1v) is 10.1. The molecular formula is C21H19N3O2S. The molecule has 1 atom stereocenters. The van der Waals surface area contributed by atoms with Gasteiger partial charge >= 0.3 is 0 Å². The van der Waals surface area contributed by atoms with Crippen molar-refractivity contribution < 1.29 is 9.29 Å². The summed E-state index contributed by atoms with van der Waals surface area (Å²) in [6.45, 7) is 1.95. The molecule has 0 radical (unpaired) electrons. The second kappa shape index (κ2) is 7.06. The van der Waals surface area contributed by atoms with Crippen LogP contribution < -0.4 is 4.74 Å². The lowest BCUT2D eigenvalue weighted by Crippen LogP contribution is -1.97. The molecule has 0 saturated heterocycles. The molecule has 0 aliphatic rings. The third-order valence-corrected chi connectivity index (χ3v) is 5.39. The average molecular weight is 377 g/mol. The van der Waals surface area contributed by atoms with E-state index in [1.54, 1.807) is 13.4 Å². The first kappa shape index (κ1) is 17.6. The Hall–Kier alpha value is -2.83. The standard InChI is InChI=1S/C21H19N3O2S/c1-14-12-13-24-20(16-6-10-18(11-7-16)27(3)25)19(23-21(24)22-14)15-4-8-17(26-2)9-5-15/h4-13H,1-3H3. The molecule has 4 rings (SSSR count). The van der Waals surface area contributed by atoms with Crippen molar-refractivity contribution in [1.82, 2.24) is 14.4 Å². The van der Waals surface area contributed by atoms with Crippen molar-refractivity contribution in [1.29, 1.82) is 0 Å². The van der Waals surface area contributed by atoms with Gasteiger partial charge in [-0.3, -0.25) is 4.40 Å². The highest BCUT2D eigenvalue weighted by Crippen LogP contribution is 2.33. The predicted molar refractivity (Wildman–Crippen MR) is 107 cm³/mol. The molecule has 2 heterocycles. The van der Waals surface area contributed by atoms with Crippen molar-refractivity contribution in [2.75, 3.05) is 13.4 Å². The van der Waals surface area contributed by atoms with Crippen LogP contribution in [0.25, 0.3) is 28.3 Å². The zero-order valence-electron chi connectivity index (χ0n) is 15.3. The van der Waals surface area contributed by atoms with Crippen LogP contribution in [0.15, 0.2) is 65.7 Å². The van der Waals surface area contributed by atoms with Crippen LogP contribution in [-0.4, -0.2) is 32.3 Å². The Balaban J connectivity index is 1.93. The van der Waals surface area contributed by atoms with Gasteiger partial charge in [0.15, 0.2) is 4.90 Å². The third kappa shape index (κ3) is 3.29. The van der Waals surface area contributed by atoms with Crippen LogP contribution in [0.4, 0.5) is 0 Å². The lowest BCUT2D eigenvalue weighted by molar-refractivity contribution is 0.415. The second-order valence-corrected chi connectivity index (χ2v) is 7.63. The van der Waals surface area contributed by atoms with Gasteiger partial charge in [0.1, 0.15) is 12.0 Å². The van der Waals surface area contributed by atoms with Crippen LogP contribution in [0.2, 0.25) is 0 Å². The number of aromatic nitrogens is 3. The van der Waals surface area contributed by atoms with Gasteiger partial charge in [-0.2, -0.15) is 0 Å². The van der Waals surface area contributed by atoms with Gasteiger partial charge in [-0.05, 0) is 72.7 Å². The molecule has 0 saturated carbocycles. The molecule has 4 aromatic rings. The Morgan fingerprint density at radius 3 is 2.22 bits per heavy atom. The maximum atomic E-state index is 11.7. The van der Waals surface area contributed by atoms with E-state index in [4.69, 9.17) is 9.72 Å². The summed E-state index contributed by atoms with van der Waals surface area (Å²) in [5.74, 6) is 1.45. The molecule has 5 nitrogen and oxygen atoms in total. The number of ether oxygens (including phenoxy) is 1. The number of methoxy groups -OCH3 is 1. The van der Waals surface area contributed by atoms with E-state index in [1.807, 2.05) is 72.1 Å². The van der Waals surface area contributed by atoms with Gasteiger partial charge in [-0.15, -0.1) is 0 Å². The van der Waals surface area contributed by atoms with E-state index in [9.17, 15) is 4.55 Å². The fourth-order valence-corrected chi connectivity index (χ4v) is 3.57. The van der Waals surface area contributed by atoms with Gasteiger partial charge in [0.2, 0.25) is 5.78 Å². The fraction of sp³-hybridized carbons (Fsp3) is 0.143. The molecule has 2 aromatic carbocycles. The van der Waals surface area contributed by atoms with E-state index in [0.29, 0.717) is 5.78 Å². The molecule has 0 aliphatic carbocycles. The van der Waals surface area contributed by atoms with Gasteiger partial charge < -0.3 is 9.29 Å². The second-order valence-electron chi connectivity index (χ2n) is 6.25. The quantitative estimate of drug-likeness (QED) is 0.502. The molecule has 0 aliphatic heterocycles. The highest BCUT2D eigenvalue weighted by Gasteiger charge is 2.17. The lowest BCUT2D eigenvalue weighted by Gasteiger charge is -2.08. The molecule has 0 amide bonds. The summed E-state index contributed by atoms with van der Waals surface area (Å²) in [7, 11) is 1.65. The topological polar surface area (TPSA) is 62.5 Å². The van der Waals surface area contributed by atoms with Crippen LogP contribution in [0.1, 0.15) is 5.69 Å². The maximum Gasteiger partial charge on any atom is 0.235 e. The first-order chi connectivity index (χ1) is 13.1. The Bertz CT molecular complexity index is 1090. The minimum Gasteiger partial charge on any atom is -0.612 e. The molecule has 0 bridgehead atoms. The Labute approximate surface area is 160 Å². The summed E-state index contributed by atoms with van der Waals surface area (Å²) >= 11 is -1.01. The van der Waals surface area contributed by atoms with E-state index < -0.39 is 11.2 Å². The minimum absolute atomic E-state index is 0.652. The summed E-state index contributed by atoms with van der Waals surface area (Å²) in [4.78, 5) is 10.1. The van der Waals surface area contributed by atoms with Gasteiger partial charge in [0.05, 0.1) is 18.5 Å². The number of hydrogen-bond acceptors (Lipinski definition) is 4. The zero-order valence-corrected chi connectivity index (χ0v) is 16.2. The predicted octanol–water partition coefficient (Wildman–Crippen LogP) is 4.12. The van der Waals surface area contributed by atoms with Crippen LogP contribution >= 0.6 is 0 Å². The largest absolute Gasteiger partial charge is 0.612 e. The Morgan fingerprint density at radius 2 is 1.59 bits per heavy atom. The van der Waals surface area contributed by atoms with Crippen molar-refractivity contribution in [3.63, 3.8) is 0 Å². The lowest BCUT2D eigenvalue weighted by atomic mass is 10.0. The highest BCUT2D eigenvalue weighted by molar-refractivity contribution is 7.90. The van der Waals surface area contributed by atoms with Crippen LogP contribution in [0, 0.1) is 6.92 Å². The fourth-order valence-electron chi connectivity index (χ4n) is 3.05. The SMILES string of the molecule is COc1ccc(-c2nc3nc(C)ccn3c2-c2ccc([S+](C)[O-])cc2)cc1. The molecule has 0 spiro atoms. The van der Waals surface area contributed by atoms with E-state index in [2.05, 4.69) is 4.98 Å². The van der Waals surface area contributed by atoms with Gasteiger partial charge in [0, 0.05) is 23.0 Å². The third-order valence-electron chi connectivity index (χ3n) is 4.46. The van der Waals surface area contributed by atoms with Crippen LogP contribution in [-0.2, 0) is 11.2 Å². The van der Waals surface area contributed by atoms with Crippen LogP contribution in [0.5, 0.6) is 5.75 Å². The maximum absolute atomic E-state index is 11.7. The van der Waals surface area contributed by atoms with Gasteiger partial charge in [-0.25, -0.2) is 9.97 Å². The molecule has 1 unspecified atom stereocenters. The zero-order chi connectivity index (χ0) is 19.0. The molecule has 27 heavy (non-hydrogen) atoms. The number of fused-ring (bicyclic) bond motifs is 1. The Kier molecular flexibility index (Phi) is 4.59. The van der Waals surface area contributed by atoms with E-state index in [-0.39, 0.29) is 0 Å². The summed E-state index contributed by atoms with van der Waals surface area (Å²) in [5.41, 5.74) is 4.69. The first-order valence-electron chi connectivity index (χ1n) is 8.51. The summed E-state index contributed by atoms with van der Waals surface area (Å²) < 4.78 is 19.0. The van der Waals surface area contributed by atoms with Crippen molar-refractivity contribution in [2.45, 2.75) is 11.8 Å². The number of nitrogens with zero attached hydrogens (tertiary/aromatic N) is 3. The van der Waals surface area contributed by atoms with Gasteiger partial charge in [-0.1, -0.05) is 0 Å². The van der Waals surface area contributed by atoms with Crippen molar-refractivity contribution >= 4 is 17.0 Å². The smallest absolute Gasteiger partial charge is 0.235 e. The summed E-state index contributed by atoms with van der Waals surface area (Å²) in [6.07, 6.45) is 3.66. The molecule has 136 valence electrons. The van der Waals surface area contributed by atoms with E-state index in [0.717, 1.165) is 38.9 Å². The van der Waals surface area contributed by atoms with Gasteiger partial charge in [0.25, 0.3) is 0 Å². The number of imidazole rings is 1. The van der Waals surface area contributed by atoms with Crippen molar-refractivity contribution in [3.05, 3.63) is 66.5 Å². The molecule has 6 heteroatoms. The minimum atomic E-state index is -1.01. The van der Waals surface area contributed by atoms with E-state index >= 15 is 0 Å². The highest BCUT2D eigenvalue weighted by atomic mass is 32.2. The number of benzene rings is 2.